The van der Waals surface area contributed by atoms with E-state index in [-0.39, 0.29) is 35.7 Å². The zero-order chi connectivity index (χ0) is 18.0. The largest absolute Gasteiger partial charge is 0.376 e. The van der Waals surface area contributed by atoms with Gasteiger partial charge in [-0.2, -0.15) is 0 Å². The molecule has 0 radical (unpaired) electrons. The van der Waals surface area contributed by atoms with E-state index in [2.05, 4.69) is 38.2 Å². The smallest absolute Gasteiger partial charge is 0.227 e. The number of anilines is 1. The molecule has 1 N–H and O–H groups in total. The lowest BCUT2D eigenvalue weighted by Crippen LogP contribution is -2.37. The summed E-state index contributed by atoms with van der Waals surface area (Å²) in [5, 5.41) is 2.95. The molecule has 2 saturated heterocycles. The maximum atomic E-state index is 12.4. The molecule has 2 atom stereocenters. The van der Waals surface area contributed by atoms with Crippen molar-refractivity contribution in [2.24, 2.45) is 5.92 Å². The summed E-state index contributed by atoms with van der Waals surface area (Å²) < 4.78 is 5.52. The van der Waals surface area contributed by atoms with Crippen molar-refractivity contribution in [3.05, 3.63) is 29.8 Å². The third-order valence-corrected chi connectivity index (χ3v) is 5.07. The van der Waals surface area contributed by atoms with Gasteiger partial charge in [-0.1, -0.05) is 32.9 Å². The van der Waals surface area contributed by atoms with Crippen LogP contribution in [-0.2, 0) is 19.7 Å². The van der Waals surface area contributed by atoms with Crippen LogP contribution < -0.4 is 10.2 Å². The van der Waals surface area contributed by atoms with Gasteiger partial charge in [0.2, 0.25) is 11.8 Å². The lowest BCUT2D eigenvalue weighted by Gasteiger charge is -2.21. The summed E-state index contributed by atoms with van der Waals surface area (Å²) >= 11 is 0. The lowest BCUT2D eigenvalue weighted by atomic mass is 9.87. The highest BCUT2D eigenvalue weighted by molar-refractivity contribution is 6.00. The molecule has 0 aromatic heterocycles. The van der Waals surface area contributed by atoms with Crippen molar-refractivity contribution in [2.75, 3.05) is 24.6 Å². The Morgan fingerprint density at radius 2 is 2.00 bits per heavy atom. The number of nitrogens with one attached hydrogen (secondary N) is 1. The predicted molar refractivity (Wildman–Crippen MR) is 97.6 cm³/mol. The highest BCUT2D eigenvalue weighted by Gasteiger charge is 2.35. The van der Waals surface area contributed by atoms with Crippen molar-refractivity contribution >= 4 is 17.5 Å². The van der Waals surface area contributed by atoms with Gasteiger partial charge in [0.1, 0.15) is 0 Å². The fraction of sp³-hybridized carbons (Fsp3) is 0.600. The molecule has 2 aliphatic heterocycles. The first-order valence-electron chi connectivity index (χ1n) is 9.15. The average Bonchev–Trinajstić information content (AvgIpc) is 3.21. The molecular formula is C20H28N2O3. The van der Waals surface area contributed by atoms with Gasteiger partial charge < -0.3 is 15.0 Å². The molecule has 25 heavy (non-hydrogen) atoms. The van der Waals surface area contributed by atoms with Gasteiger partial charge in [-0.3, -0.25) is 9.59 Å². The molecule has 2 amide bonds. The van der Waals surface area contributed by atoms with Gasteiger partial charge >= 0.3 is 0 Å². The number of ether oxygens (including phenoxy) is 1. The normalized spacial score (nSPS) is 24.0. The second-order valence-corrected chi connectivity index (χ2v) is 8.08. The monoisotopic (exact) mass is 344 g/mol. The van der Waals surface area contributed by atoms with Crippen molar-refractivity contribution in [2.45, 2.75) is 51.6 Å². The van der Waals surface area contributed by atoms with E-state index < -0.39 is 0 Å². The third-order valence-electron chi connectivity index (χ3n) is 5.07. The average molecular weight is 344 g/mol. The summed E-state index contributed by atoms with van der Waals surface area (Å²) in [4.78, 5) is 26.4. The molecule has 2 fully saturated rings. The van der Waals surface area contributed by atoms with Crippen LogP contribution in [0.2, 0.25) is 0 Å². The standard InChI is InChI=1S/C20H28N2O3/c1-20(2,3)15-6-8-16(9-7-15)22-13-14(11-18(22)23)19(24)21-12-17-5-4-10-25-17/h6-9,14,17H,4-5,10-13H2,1-3H3,(H,21,24). The Balaban J connectivity index is 1.59. The molecule has 0 spiro atoms. The second kappa shape index (κ2) is 7.16. The highest BCUT2D eigenvalue weighted by atomic mass is 16.5. The van der Waals surface area contributed by atoms with Gasteiger partial charge in [-0.25, -0.2) is 0 Å². The van der Waals surface area contributed by atoms with Crippen LogP contribution in [0.3, 0.4) is 0 Å². The minimum atomic E-state index is -0.281. The Labute approximate surface area is 149 Å². The van der Waals surface area contributed by atoms with Crippen molar-refractivity contribution in [1.82, 2.24) is 5.32 Å². The Morgan fingerprint density at radius 3 is 2.60 bits per heavy atom. The summed E-state index contributed by atoms with van der Waals surface area (Å²) in [5.41, 5.74) is 2.18. The molecule has 2 unspecified atom stereocenters. The first-order chi connectivity index (χ1) is 11.8. The van der Waals surface area contributed by atoms with Crippen LogP contribution in [-0.4, -0.2) is 37.6 Å². The van der Waals surface area contributed by atoms with E-state index in [1.807, 2.05) is 12.1 Å². The fourth-order valence-electron chi connectivity index (χ4n) is 3.44. The quantitative estimate of drug-likeness (QED) is 0.913. The summed E-state index contributed by atoms with van der Waals surface area (Å²) in [6.45, 7) is 8.27. The van der Waals surface area contributed by atoms with Crippen molar-refractivity contribution in [3.8, 4) is 0 Å². The molecular weight excluding hydrogens is 316 g/mol. The van der Waals surface area contributed by atoms with Gasteiger partial charge in [0.25, 0.3) is 0 Å². The summed E-state index contributed by atoms with van der Waals surface area (Å²) in [5.74, 6) is -0.311. The first-order valence-corrected chi connectivity index (χ1v) is 9.15. The van der Waals surface area contributed by atoms with Gasteiger partial charge in [0.15, 0.2) is 0 Å². The van der Waals surface area contributed by atoms with E-state index in [4.69, 9.17) is 4.74 Å². The van der Waals surface area contributed by atoms with Crippen LogP contribution in [0.4, 0.5) is 5.69 Å². The highest BCUT2D eigenvalue weighted by Crippen LogP contribution is 2.28. The van der Waals surface area contributed by atoms with E-state index in [1.165, 1.54) is 5.56 Å². The van der Waals surface area contributed by atoms with Gasteiger partial charge in [0.05, 0.1) is 12.0 Å². The number of rotatable bonds is 4. The number of carbonyl (C=O) groups is 2. The maximum absolute atomic E-state index is 12.4. The Kier molecular flexibility index (Phi) is 5.13. The number of hydrogen-bond acceptors (Lipinski definition) is 3. The molecule has 1 aromatic rings. The van der Waals surface area contributed by atoms with Crippen LogP contribution in [0, 0.1) is 5.92 Å². The van der Waals surface area contributed by atoms with Crippen molar-refractivity contribution in [3.63, 3.8) is 0 Å². The number of carbonyl (C=O) groups excluding carboxylic acids is 2. The number of nitrogens with zero attached hydrogens (tertiary/aromatic N) is 1. The first kappa shape index (κ1) is 17.9. The van der Waals surface area contributed by atoms with Crippen LogP contribution in [0.15, 0.2) is 24.3 Å². The van der Waals surface area contributed by atoms with Crippen molar-refractivity contribution < 1.29 is 14.3 Å². The van der Waals surface area contributed by atoms with E-state index in [0.717, 1.165) is 25.1 Å². The number of amides is 2. The van der Waals surface area contributed by atoms with E-state index in [1.54, 1.807) is 4.90 Å². The van der Waals surface area contributed by atoms with Crippen molar-refractivity contribution in [1.29, 1.82) is 0 Å². The van der Waals surface area contributed by atoms with Crippen LogP contribution in [0.25, 0.3) is 0 Å². The Bertz CT molecular complexity index is 627. The zero-order valence-electron chi connectivity index (χ0n) is 15.4. The van der Waals surface area contributed by atoms with Gasteiger partial charge in [-0.15, -0.1) is 0 Å². The molecule has 3 rings (SSSR count). The second-order valence-electron chi connectivity index (χ2n) is 8.08. The summed E-state index contributed by atoms with van der Waals surface area (Å²) in [6.07, 6.45) is 2.46. The van der Waals surface area contributed by atoms with E-state index in [0.29, 0.717) is 13.1 Å². The molecule has 5 heteroatoms. The molecule has 1 aromatic carbocycles. The lowest BCUT2D eigenvalue weighted by molar-refractivity contribution is -0.126. The van der Waals surface area contributed by atoms with E-state index >= 15 is 0 Å². The molecule has 136 valence electrons. The molecule has 0 aliphatic carbocycles. The predicted octanol–water partition coefficient (Wildman–Crippen LogP) is 2.63. The molecule has 0 saturated carbocycles. The third kappa shape index (κ3) is 4.21. The molecule has 0 bridgehead atoms. The SMILES string of the molecule is CC(C)(C)c1ccc(N2CC(C(=O)NCC3CCCO3)CC2=O)cc1. The fourth-order valence-corrected chi connectivity index (χ4v) is 3.44. The molecule has 2 aliphatic rings. The Hall–Kier alpha value is -1.88. The van der Waals surface area contributed by atoms with Gasteiger partial charge in [-0.05, 0) is 36.0 Å². The van der Waals surface area contributed by atoms with Crippen LogP contribution in [0.5, 0.6) is 0 Å². The Morgan fingerprint density at radius 1 is 1.28 bits per heavy atom. The number of benzene rings is 1. The van der Waals surface area contributed by atoms with Gasteiger partial charge in [0, 0.05) is 31.8 Å². The maximum Gasteiger partial charge on any atom is 0.227 e. The molecule has 2 heterocycles. The van der Waals surface area contributed by atoms with Crippen LogP contribution >= 0.6 is 0 Å². The summed E-state index contributed by atoms with van der Waals surface area (Å²) in [7, 11) is 0. The minimum Gasteiger partial charge on any atom is -0.376 e. The zero-order valence-corrected chi connectivity index (χ0v) is 15.4. The number of hydrogen-bond donors (Lipinski definition) is 1. The summed E-state index contributed by atoms with van der Waals surface area (Å²) in [6, 6.07) is 8.08. The molecule has 5 nitrogen and oxygen atoms in total. The minimum absolute atomic E-state index is 0.0146. The topological polar surface area (TPSA) is 58.6 Å². The van der Waals surface area contributed by atoms with Crippen LogP contribution in [0.1, 0.15) is 45.6 Å². The van der Waals surface area contributed by atoms with E-state index in [9.17, 15) is 9.59 Å².